The monoisotopic (exact) mass is 707 g/mol. The van der Waals surface area contributed by atoms with Gasteiger partial charge < -0.3 is 4.42 Å². The molecule has 0 saturated heterocycles. The van der Waals surface area contributed by atoms with Crippen LogP contribution in [0.4, 0.5) is 0 Å². The Morgan fingerprint density at radius 2 is 1.15 bits per heavy atom. The van der Waals surface area contributed by atoms with Gasteiger partial charge in [-0.05, 0) is 47.5 Å². The van der Waals surface area contributed by atoms with Crippen molar-refractivity contribution in [3.8, 4) is 56.2 Å². The Labute approximate surface area is 314 Å². The number of rotatable bonds is 5. The molecule has 0 aliphatic heterocycles. The molecule has 0 fully saturated rings. The maximum absolute atomic E-state index is 6.80. The topological polar surface area (TPSA) is 51.8 Å². The Kier molecular flexibility index (Phi) is 7.00. The maximum atomic E-state index is 6.80. The van der Waals surface area contributed by atoms with E-state index in [0.29, 0.717) is 5.82 Å². The molecule has 0 N–H and O–H groups in total. The van der Waals surface area contributed by atoms with Crippen molar-refractivity contribution in [3.05, 3.63) is 176 Å². The van der Waals surface area contributed by atoms with Gasteiger partial charge in [-0.3, -0.25) is 4.98 Å². The number of hydrogen-bond donors (Lipinski definition) is 0. The number of aromatic nitrogens is 3. The number of para-hydroxylation sites is 1. The van der Waals surface area contributed by atoms with Crippen molar-refractivity contribution in [1.29, 1.82) is 0 Å². The highest BCUT2D eigenvalue weighted by molar-refractivity contribution is 7.26. The Morgan fingerprint density at radius 1 is 0.444 bits per heavy atom. The minimum atomic E-state index is 0.664. The second-order valence-corrected chi connectivity index (χ2v) is 14.6. The summed E-state index contributed by atoms with van der Waals surface area (Å²) >= 11 is 1.83. The van der Waals surface area contributed by atoms with E-state index in [1.807, 2.05) is 35.7 Å². The van der Waals surface area contributed by atoms with Crippen LogP contribution in [0, 0.1) is 0 Å². The van der Waals surface area contributed by atoms with Crippen molar-refractivity contribution in [2.45, 2.75) is 0 Å². The van der Waals surface area contributed by atoms with Crippen LogP contribution in [0.2, 0.25) is 0 Å². The molecule has 0 aliphatic carbocycles. The Hall–Kier alpha value is -6.95. The van der Waals surface area contributed by atoms with E-state index in [-0.39, 0.29) is 0 Å². The Bertz CT molecular complexity index is 3210. The van der Waals surface area contributed by atoms with Crippen LogP contribution in [0.3, 0.4) is 0 Å². The molecule has 0 bridgehead atoms. The lowest BCUT2D eigenvalue weighted by atomic mass is 9.95. The molecule has 0 amide bonds. The predicted octanol–water partition coefficient (Wildman–Crippen LogP) is 13.6. The summed E-state index contributed by atoms with van der Waals surface area (Å²) in [6.45, 7) is 0. The molecule has 252 valence electrons. The first kappa shape index (κ1) is 30.7. The van der Waals surface area contributed by atoms with E-state index in [4.69, 9.17) is 14.4 Å². The summed E-state index contributed by atoms with van der Waals surface area (Å²) in [6.07, 6.45) is 1.84. The number of thiophene rings is 1. The second kappa shape index (κ2) is 12.3. The first-order chi connectivity index (χ1) is 26.8. The first-order valence-electron chi connectivity index (χ1n) is 18.0. The third-order valence-electron chi connectivity index (χ3n) is 10.4. The fraction of sp³-hybridized carbons (Fsp3) is 0. The van der Waals surface area contributed by atoms with Crippen molar-refractivity contribution in [2.75, 3.05) is 0 Å². The molecule has 0 aliphatic rings. The van der Waals surface area contributed by atoms with Crippen LogP contribution in [0.1, 0.15) is 0 Å². The lowest BCUT2D eigenvalue weighted by Crippen LogP contribution is -1.96. The largest absolute Gasteiger partial charge is 0.455 e. The van der Waals surface area contributed by atoms with Gasteiger partial charge in [-0.1, -0.05) is 133 Å². The van der Waals surface area contributed by atoms with Gasteiger partial charge >= 0.3 is 0 Å². The molecule has 4 nitrogen and oxygen atoms in total. The standard InChI is InChI=1S/C49H29N3OS/c1-2-11-31(12-3-1)42-29-43(52-49(51-42)32-24-22-30(23-25-32)33-15-9-19-41-34(33)18-10-28-50-41)39-27-26-36(47-46(39)40-14-4-6-20-44(40)53-47)38-17-8-16-37-35-13-5-7-21-45(35)54-48(37)38/h1-29H. The van der Waals surface area contributed by atoms with Crippen LogP contribution in [-0.2, 0) is 0 Å². The minimum Gasteiger partial charge on any atom is -0.455 e. The van der Waals surface area contributed by atoms with Crippen molar-refractivity contribution in [2.24, 2.45) is 0 Å². The molecule has 5 heteroatoms. The van der Waals surface area contributed by atoms with E-state index in [0.717, 1.165) is 77.6 Å². The van der Waals surface area contributed by atoms with Crippen LogP contribution in [0.25, 0.3) is 109 Å². The van der Waals surface area contributed by atoms with Gasteiger partial charge in [0.2, 0.25) is 0 Å². The first-order valence-corrected chi connectivity index (χ1v) is 18.8. The normalized spacial score (nSPS) is 11.7. The van der Waals surface area contributed by atoms with E-state index in [2.05, 4.69) is 157 Å². The molecular formula is C49H29N3OS. The fourth-order valence-electron chi connectivity index (χ4n) is 7.84. The molecule has 7 aromatic carbocycles. The van der Waals surface area contributed by atoms with Crippen LogP contribution in [-0.4, -0.2) is 15.0 Å². The second-order valence-electron chi connectivity index (χ2n) is 13.5. The zero-order chi connectivity index (χ0) is 35.6. The summed E-state index contributed by atoms with van der Waals surface area (Å²) in [4.78, 5) is 15.0. The zero-order valence-corrected chi connectivity index (χ0v) is 29.7. The molecule has 11 rings (SSSR count). The smallest absolute Gasteiger partial charge is 0.160 e. The summed E-state index contributed by atoms with van der Waals surface area (Å²) < 4.78 is 9.33. The van der Waals surface area contributed by atoms with E-state index in [1.54, 1.807) is 0 Å². The van der Waals surface area contributed by atoms with Crippen molar-refractivity contribution < 1.29 is 4.42 Å². The lowest BCUT2D eigenvalue weighted by Gasteiger charge is -2.12. The van der Waals surface area contributed by atoms with Gasteiger partial charge in [-0.15, -0.1) is 11.3 Å². The molecule has 0 saturated carbocycles. The van der Waals surface area contributed by atoms with Gasteiger partial charge in [-0.25, -0.2) is 9.97 Å². The summed E-state index contributed by atoms with van der Waals surface area (Å²) in [5, 5.41) is 5.77. The third-order valence-corrected chi connectivity index (χ3v) is 11.6. The molecule has 0 atom stereocenters. The summed E-state index contributed by atoms with van der Waals surface area (Å²) in [7, 11) is 0. The molecule has 0 radical (unpaired) electrons. The third kappa shape index (κ3) is 4.94. The Morgan fingerprint density at radius 3 is 2.06 bits per heavy atom. The highest BCUT2D eigenvalue weighted by Crippen LogP contribution is 2.46. The highest BCUT2D eigenvalue weighted by Gasteiger charge is 2.21. The number of pyridine rings is 1. The van der Waals surface area contributed by atoms with E-state index < -0.39 is 0 Å². The molecule has 54 heavy (non-hydrogen) atoms. The van der Waals surface area contributed by atoms with Gasteiger partial charge in [0.1, 0.15) is 11.2 Å². The quantitative estimate of drug-likeness (QED) is 0.179. The van der Waals surface area contributed by atoms with Crippen LogP contribution >= 0.6 is 11.3 Å². The molecule has 0 spiro atoms. The van der Waals surface area contributed by atoms with Crippen LogP contribution in [0.5, 0.6) is 0 Å². The minimum absolute atomic E-state index is 0.664. The molecule has 11 aromatic rings. The molecular weight excluding hydrogens is 679 g/mol. The Balaban J connectivity index is 1.11. The maximum Gasteiger partial charge on any atom is 0.160 e. The van der Waals surface area contributed by atoms with Crippen molar-refractivity contribution in [3.63, 3.8) is 0 Å². The predicted molar refractivity (Wildman–Crippen MR) is 225 cm³/mol. The highest BCUT2D eigenvalue weighted by atomic mass is 32.1. The fourth-order valence-corrected chi connectivity index (χ4v) is 9.07. The number of hydrogen-bond acceptors (Lipinski definition) is 5. The van der Waals surface area contributed by atoms with E-state index in [9.17, 15) is 0 Å². The molecule has 4 heterocycles. The number of furan rings is 1. The zero-order valence-electron chi connectivity index (χ0n) is 28.9. The van der Waals surface area contributed by atoms with Crippen molar-refractivity contribution in [1.82, 2.24) is 15.0 Å². The molecule has 0 unspecified atom stereocenters. The van der Waals surface area contributed by atoms with Gasteiger partial charge in [0.05, 0.1) is 16.9 Å². The molecule has 4 aromatic heterocycles. The SMILES string of the molecule is c1ccc(-c2cc(-c3ccc(-c4cccc5c4sc4ccccc45)c4oc5ccccc5c34)nc(-c3ccc(-c4cccc5ncccc45)cc3)n2)cc1. The summed E-state index contributed by atoms with van der Waals surface area (Å²) in [5.41, 5.74) is 11.9. The number of nitrogens with zero attached hydrogens (tertiary/aromatic N) is 3. The number of fused-ring (bicyclic) bond motifs is 7. The van der Waals surface area contributed by atoms with E-state index >= 15 is 0 Å². The van der Waals surface area contributed by atoms with Crippen LogP contribution in [0.15, 0.2) is 180 Å². The van der Waals surface area contributed by atoms with Gasteiger partial charge in [0.25, 0.3) is 0 Å². The average Bonchev–Trinajstić information content (AvgIpc) is 3.83. The summed E-state index contributed by atoms with van der Waals surface area (Å²) in [5.74, 6) is 0.664. The van der Waals surface area contributed by atoms with Crippen molar-refractivity contribution >= 4 is 64.4 Å². The van der Waals surface area contributed by atoms with Gasteiger partial charge in [-0.2, -0.15) is 0 Å². The van der Waals surface area contributed by atoms with E-state index in [1.165, 1.54) is 25.7 Å². The van der Waals surface area contributed by atoms with Gasteiger partial charge in [0.15, 0.2) is 5.82 Å². The summed E-state index contributed by atoms with van der Waals surface area (Å²) in [6, 6.07) is 59.3. The average molecular weight is 708 g/mol. The lowest BCUT2D eigenvalue weighted by molar-refractivity contribution is 0.670. The number of benzene rings is 7. The van der Waals surface area contributed by atoms with Gasteiger partial charge in [0, 0.05) is 70.3 Å². The van der Waals surface area contributed by atoms with Crippen LogP contribution < -0.4 is 0 Å².